The van der Waals surface area contributed by atoms with Crippen molar-refractivity contribution >= 4 is 21.6 Å². The van der Waals surface area contributed by atoms with E-state index in [1.807, 2.05) is 19.9 Å². The molecule has 0 aliphatic heterocycles. The van der Waals surface area contributed by atoms with Crippen molar-refractivity contribution in [1.82, 2.24) is 4.72 Å². The van der Waals surface area contributed by atoms with E-state index in [1.54, 1.807) is 7.11 Å². The van der Waals surface area contributed by atoms with E-state index in [9.17, 15) is 8.42 Å². The lowest BCUT2D eigenvalue weighted by atomic mass is 9.65. The molecule has 2 rings (SSSR count). The van der Waals surface area contributed by atoms with Gasteiger partial charge in [-0.1, -0.05) is 25.4 Å². The molecule has 0 aromatic heterocycles. The van der Waals surface area contributed by atoms with E-state index in [0.717, 1.165) is 0 Å². The lowest BCUT2D eigenvalue weighted by molar-refractivity contribution is -0.0908. The van der Waals surface area contributed by atoms with Gasteiger partial charge in [-0.15, -0.1) is 0 Å². The Labute approximate surface area is 129 Å². The number of rotatable bonds is 4. The third-order valence-electron chi connectivity index (χ3n) is 4.11. The van der Waals surface area contributed by atoms with Gasteiger partial charge in [-0.25, -0.2) is 13.1 Å². The van der Waals surface area contributed by atoms with Crippen molar-refractivity contribution in [3.8, 4) is 6.07 Å². The maximum atomic E-state index is 12.4. The zero-order chi connectivity index (χ0) is 15.8. The number of halogens is 1. The summed E-state index contributed by atoms with van der Waals surface area (Å²) in [7, 11) is -2.11. The first-order valence-corrected chi connectivity index (χ1v) is 8.33. The first kappa shape index (κ1) is 16.2. The predicted octanol–water partition coefficient (Wildman–Crippen LogP) is 2.30. The Kier molecular flexibility index (Phi) is 4.31. The molecule has 1 fully saturated rings. The number of hydrogen-bond donors (Lipinski definition) is 1. The molecule has 21 heavy (non-hydrogen) atoms. The summed E-state index contributed by atoms with van der Waals surface area (Å²) in [6.45, 7) is 3.91. The first-order valence-electron chi connectivity index (χ1n) is 6.47. The van der Waals surface area contributed by atoms with E-state index in [0.29, 0.717) is 12.0 Å². The number of benzene rings is 1. The van der Waals surface area contributed by atoms with E-state index >= 15 is 0 Å². The van der Waals surface area contributed by atoms with Gasteiger partial charge >= 0.3 is 0 Å². The van der Waals surface area contributed by atoms with Crippen LogP contribution >= 0.6 is 11.6 Å². The third-order valence-corrected chi connectivity index (χ3v) is 6.06. The molecule has 0 spiro atoms. The van der Waals surface area contributed by atoms with E-state index in [4.69, 9.17) is 21.6 Å². The van der Waals surface area contributed by atoms with Crippen LogP contribution in [-0.2, 0) is 14.8 Å². The van der Waals surface area contributed by atoms with Crippen LogP contribution in [0.1, 0.15) is 25.8 Å². The lowest BCUT2D eigenvalue weighted by Crippen LogP contribution is -2.61. The van der Waals surface area contributed by atoms with Gasteiger partial charge in [-0.3, -0.25) is 0 Å². The number of methoxy groups -OCH3 is 1. The van der Waals surface area contributed by atoms with Gasteiger partial charge in [0, 0.05) is 18.6 Å². The molecule has 0 saturated heterocycles. The summed E-state index contributed by atoms with van der Waals surface area (Å²) in [4.78, 5) is -0.0140. The monoisotopic (exact) mass is 328 g/mol. The van der Waals surface area contributed by atoms with Crippen molar-refractivity contribution in [2.24, 2.45) is 5.41 Å². The van der Waals surface area contributed by atoms with Crippen molar-refractivity contribution in [3.05, 3.63) is 28.8 Å². The molecule has 0 bridgehead atoms. The van der Waals surface area contributed by atoms with Crippen molar-refractivity contribution in [1.29, 1.82) is 5.26 Å². The fourth-order valence-corrected chi connectivity index (χ4v) is 4.47. The highest BCUT2D eigenvalue weighted by atomic mass is 35.5. The number of sulfonamides is 1. The van der Waals surface area contributed by atoms with Crippen LogP contribution in [0.4, 0.5) is 0 Å². The van der Waals surface area contributed by atoms with E-state index in [2.05, 4.69) is 4.72 Å². The molecule has 2 atom stereocenters. The van der Waals surface area contributed by atoms with Gasteiger partial charge in [-0.2, -0.15) is 5.26 Å². The minimum atomic E-state index is -3.73. The largest absolute Gasteiger partial charge is 0.381 e. The van der Waals surface area contributed by atoms with E-state index < -0.39 is 10.0 Å². The molecule has 1 saturated carbocycles. The Morgan fingerprint density at radius 1 is 1.48 bits per heavy atom. The lowest BCUT2D eigenvalue weighted by Gasteiger charge is -2.50. The van der Waals surface area contributed by atoms with E-state index in [1.165, 1.54) is 18.2 Å². The minimum Gasteiger partial charge on any atom is -0.381 e. The zero-order valence-corrected chi connectivity index (χ0v) is 13.6. The highest BCUT2D eigenvalue weighted by molar-refractivity contribution is 7.89. The number of nitriles is 1. The molecular weight excluding hydrogens is 312 g/mol. The quantitative estimate of drug-likeness (QED) is 0.919. The van der Waals surface area contributed by atoms with Crippen LogP contribution in [0.5, 0.6) is 0 Å². The average Bonchev–Trinajstić information content (AvgIpc) is 2.42. The molecule has 7 heteroatoms. The van der Waals surface area contributed by atoms with Crippen LogP contribution in [0.2, 0.25) is 5.02 Å². The van der Waals surface area contributed by atoms with Gasteiger partial charge in [0.15, 0.2) is 0 Å². The van der Waals surface area contributed by atoms with Crippen LogP contribution in [0.25, 0.3) is 0 Å². The predicted molar refractivity (Wildman–Crippen MR) is 79.5 cm³/mol. The molecule has 2 unspecified atom stereocenters. The number of nitrogens with one attached hydrogen (secondary N) is 1. The topological polar surface area (TPSA) is 79.2 Å². The highest BCUT2D eigenvalue weighted by Gasteiger charge is 2.50. The van der Waals surface area contributed by atoms with Crippen LogP contribution in [0, 0.1) is 16.7 Å². The van der Waals surface area contributed by atoms with Gasteiger partial charge in [0.1, 0.15) is 4.90 Å². The second-order valence-electron chi connectivity index (χ2n) is 5.71. The van der Waals surface area contributed by atoms with Crippen LogP contribution in [-0.4, -0.2) is 27.7 Å². The summed E-state index contributed by atoms with van der Waals surface area (Å²) in [5, 5.41) is 8.83. The van der Waals surface area contributed by atoms with Crippen LogP contribution in [0.3, 0.4) is 0 Å². The summed E-state index contributed by atoms with van der Waals surface area (Å²) >= 11 is 5.97. The molecule has 0 amide bonds. The van der Waals surface area contributed by atoms with Gasteiger partial charge in [0.05, 0.1) is 22.8 Å². The van der Waals surface area contributed by atoms with Crippen molar-refractivity contribution in [2.75, 3.05) is 7.11 Å². The molecule has 1 aromatic rings. The van der Waals surface area contributed by atoms with Gasteiger partial charge in [0.25, 0.3) is 0 Å². The van der Waals surface area contributed by atoms with Crippen LogP contribution < -0.4 is 4.72 Å². The molecule has 1 aliphatic rings. The van der Waals surface area contributed by atoms with Gasteiger partial charge in [-0.05, 0) is 24.6 Å². The number of nitrogens with zero attached hydrogens (tertiary/aromatic N) is 1. The highest BCUT2D eigenvalue weighted by Crippen LogP contribution is 2.43. The van der Waals surface area contributed by atoms with Crippen molar-refractivity contribution < 1.29 is 13.2 Å². The summed E-state index contributed by atoms with van der Waals surface area (Å²) < 4.78 is 32.8. The van der Waals surface area contributed by atoms with Crippen LogP contribution in [0.15, 0.2) is 23.1 Å². The maximum absolute atomic E-state index is 12.4. The third kappa shape index (κ3) is 2.92. The average molecular weight is 329 g/mol. The molecule has 5 nitrogen and oxygen atoms in total. The van der Waals surface area contributed by atoms with Crippen molar-refractivity contribution in [3.63, 3.8) is 0 Å². The summed E-state index contributed by atoms with van der Waals surface area (Å²) in [5.74, 6) is 0. The Morgan fingerprint density at radius 3 is 2.62 bits per heavy atom. The Balaban J connectivity index is 2.23. The molecule has 0 radical (unpaired) electrons. The number of hydrogen-bond acceptors (Lipinski definition) is 4. The molecule has 0 heterocycles. The maximum Gasteiger partial charge on any atom is 0.242 e. The summed E-state index contributed by atoms with van der Waals surface area (Å²) in [6.07, 6.45) is 0.651. The van der Waals surface area contributed by atoms with E-state index in [-0.39, 0.29) is 27.5 Å². The Morgan fingerprint density at radius 2 is 2.14 bits per heavy atom. The zero-order valence-electron chi connectivity index (χ0n) is 12.1. The Hall–Kier alpha value is -1.13. The fourth-order valence-electron chi connectivity index (χ4n) is 2.52. The summed E-state index contributed by atoms with van der Waals surface area (Å²) in [5.41, 5.74) is 0.0447. The second kappa shape index (κ2) is 5.58. The fraction of sp³-hybridized carbons (Fsp3) is 0.500. The SMILES string of the molecule is COC1CC(NS(=O)(=O)c2ccc(C#N)cc2Cl)C1(C)C. The Bertz CT molecular complexity index is 695. The molecule has 1 aliphatic carbocycles. The minimum absolute atomic E-state index is 0.0140. The van der Waals surface area contributed by atoms with Gasteiger partial charge in [0.2, 0.25) is 10.0 Å². The smallest absolute Gasteiger partial charge is 0.242 e. The molecule has 1 aromatic carbocycles. The van der Waals surface area contributed by atoms with Gasteiger partial charge < -0.3 is 4.74 Å². The molecule has 114 valence electrons. The normalized spacial score (nSPS) is 24.1. The molecular formula is C14H17ClN2O3S. The van der Waals surface area contributed by atoms with Crippen molar-refractivity contribution in [2.45, 2.75) is 37.3 Å². The molecule has 1 N–H and O–H groups in total. The first-order chi connectivity index (χ1) is 9.72. The number of ether oxygens (including phenoxy) is 1. The second-order valence-corrected chi connectivity index (χ2v) is 7.80. The standard InChI is InChI=1S/C14H17ClN2O3S/c1-14(2)12(7-13(14)20-3)17-21(18,19)11-5-4-9(8-16)6-10(11)15/h4-6,12-13,17H,7H2,1-3H3. The summed E-state index contributed by atoms with van der Waals surface area (Å²) in [6, 6.07) is 5.84.